The first-order valence-electron chi connectivity index (χ1n) is 2.87. The molecule has 0 nitrogen and oxygen atoms in total. The van der Waals surface area contributed by atoms with Crippen LogP contribution in [0.3, 0.4) is 0 Å². The molecule has 0 radical (unpaired) electrons. The summed E-state index contributed by atoms with van der Waals surface area (Å²) < 4.78 is 34.5. The Bertz CT molecular complexity index is 142. The minimum atomic E-state index is -4.27. The first kappa shape index (κ1) is 12.7. The van der Waals surface area contributed by atoms with Crippen molar-refractivity contribution in [2.75, 3.05) is 0 Å². The van der Waals surface area contributed by atoms with Crippen LogP contribution in [0.15, 0.2) is 37.5 Å². The van der Waals surface area contributed by atoms with E-state index in [1.165, 1.54) is 13.0 Å². The molecule has 64 valence electrons. The SMILES string of the molecule is C=C.C=C(/C=C\C)C(F)(F)F. The summed E-state index contributed by atoms with van der Waals surface area (Å²) in [4.78, 5) is 0. The molecule has 3 heteroatoms. The third kappa shape index (κ3) is 6.90. The van der Waals surface area contributed by atoms with Gasteiger partial charge in [-0.25, -0.2) is 0 Å². The molecular formula is C8H11F3. The number of alkyl halides is 3. The van der Waals surface area contributed by atoms with Crippen molar-refractivity contribution in [3.63, 3.8) is 0 Å². The Morgan fingerprint density at radius 2 is 1.64 bits per heavy atom. The maximum Gasteiger partial charge on any atom is 0.415 e. The van der Waals surface area contributed by atoms with Crippen molar-refractivity contribution < 1.29 is 13.2 Å². The molecule has 11 heavy (non-hydrogen) atoms. The molecule has 0 fully saturated rings. The Kier molecular flexibility index (Phi) is 6.64. The lowest BCUT2D eigenvalue weighted by atomic mass is 10.3. The highest BCUT2D eigenvalue weighted by molar-refractivity contribution is 5.18. The van der Waals surface area contributed by atoms with Gasteiger partial charge < -0.3 is 0 Å². The second kappa shape index (κ2) is 5.77. The lowest BCUT2D eigenvalue weighted by Crippen LogP contribution is -2.07. The van der Waals surface area contributed by atoms with Crippen molar-refractivity contribution >= 4 is 0 Å². The minimum Gasteiger partial charge on any atom is -0.166 e. The largest absolute Gasteiger partial charge is 0.415 e. The molecule has 0 saturated heterocycles. The van der Waals surface area contributed by atoms with Gasteiger partial charge in [0.25, 0.3) is 0 Å². The van der Waals surface area contributed by atoms with E-state index in [0.29, 0.717) is 0 Å². The smallest absolute Gasteiger partial charge is 0.166 e. The van der Waals surface area contributed by atoms with Gasteiger partial charge in [-0.05, 0) is 6.92 Å². The van der Waals surface area contributed by atoms with E-state index in [9.17, 15) is 13.2 Å². The zero-order valence-corrected chi connectivity index (χ0v) is 6.41. The summed E-state index contributed by atoms with van der Waals surface area (Å²) in [5, 5.41) is 0. The van der Waals surface area contributed by atoms with Gasteiger partial charge in [-0.1, -0.05) is 18.7 Å². The normalized spacial score (nSPS) is 10.5. The molecule has 0 aliphatic heterocycles. The van der Waals surface area contributed by atoms with E-state index in [2.05, 4.69) is 19.7 Å². The first-order chi connectivity index (χ1) is 4.98. The molecule has 0 aromatic heterocycles. The average molecular weight is 164 g/mol. The number of halogens is 3. The molecular weight excluding hydrogens is 153 g/mol. The highest BCUT2D eigenvalue weighted by atomic mass is 19.4. The Balaban J connectivity index is 0. The van der Waals surface area contributed by atoms with Crippen LogP contribution in [-0.2, 0) is 0 Å². The summed E-state index contributed by atoms with van der Waals surface area (Å²) in [5.41, 5.74) is -0.815. The molecule has 0 atom stereocenters. The predicted molar refractivity (Wildman–Crippen MR) is 41.3 cm³/mol. The summed E-state index contributed by atoms with van der Waals surface area (Å²) in [6.45, 7) is 10.3. The fourth-order valence-electron chi connectivity index (χ4n) is 0.296. The number of hydrogen-bond acceptors (Lipinski definition) is 0. The van der Waals surface area contributed by atoms with Gasteiger partial charge in [-0.3, -0.25) is 0 Å². The van der Waals surface area contributed by atoms with E-state index in [1.807, 2.05) is 0 Å². The number of hydrogen-bond donors (Lipinski definition) is 0. The lowest BCUT2D eigenvalue weighted by molar-refractivity contribution is -0.0878. The molecule has 0 saturated carbocycles. The van der Waals surface area contributed by atoms with Crippen molar-refractivity contribution in [2.45, 2.75) is 13.1 Å². The van der Waals surface area contributed by atoms with Gasteiger partial charge in [0.05, 0.1) is 0 Å². The second-order valence-electron chi connectivity index (χ2n) is 1.52. The van der Waals surface area contributed by atoms with Crippen LogP contribution in [0.5, 0.6) is 0 Å². The maximum absolute atomic E-state index is 11.5. The summed E-state index contributed by atoms with van der Waals surface area (Å²) in [7, 11) is 0. The Labute approximate surface area is 64.7 Å². The zero-order valence-electron chi connectivity index (χ0n) is 6.41. The lowest BCUT2D eigenvalue weighted by Gasteiger charge is -2.03. The zero-order chi connectivity index (χ0) is 9.49. The van der Waals surface area contributed by atoms with Crippen molar-refractivity contribution in [3.05, 3.63) is 37.5 Å². The molecule has 0 aliphatic rings. The van der Waals surface area contributed by atoms with Crippen molar-refractivity contribution in [2.24, 2.45) is 0 Å². The van der Waals surface area contributed by atoms with Crippen molar-refractivity contribution in [1.82, 2.24) is 0 Å². The Morgan fingerprint density at radius 1 is 1.27 bits per heavy atom. The molecule has 0 unspecified atom stereocenters. The van der Waals surface area contributed by atoms with Crippen molar-refractivity contribution in [1.29, 1.82) is 0 Å². The fraction of sp³-hybridized carbons (Fsp3) is 0.250. The summed E-state index contributed by atoms with van der Waals surface area (Å²) in [6.07, 6.45) is -2.04. The van der Waals surface area contributed by atoms with E-state index in [4.69, 9.17) is 0 Å². The average Bonchev–Trinajstić information content (AvgIpc) is 1.91. The van der Waals surface area contributed by atoms with E-state index in [-0.39, 0.29) is 0 Å². The summed E-state index contributed by atoms with van der Waals surface area (Å²) in [6, 6.07) is 0. The molecule has 0 heterocycles. The van der Waals surface area contributed by atoms with Crippen LogP contribution in [0.4, 0.5) is 13.2 Å². The fourth-order valence-corrected chi connectivity index (χ4v) is 0.296. The number of allylic oxidation sites excluding steroid dienone is 3. The topological polar surface area (TPSA) is 0 Å². The van der Waals surface area contributed by atoms with E-state index in [1.54, 1.807) is 0 Å². The molecule has 0 amide bonds. The van der Waals surface area contributed by atoms with E-state index in [0.717, 1.165) is 6.08 Å². The quantitative estimate of drug-likeness (QED) is 0.411. The third-order valence-corrected chi connectivity index (χ3v) is 0.732. The highest BCUT2D eigenvalue weighted by Gasteiger charge is 2.29. The predicted octanol–water partition coefficient (Wildman–Crippen LogP) is 3.48. The summed E-state index contributed by atoms with van der Waals surface area (Å²) in [5.74, 6) is 0. The van der Waals surface area contributed by atoms with Crippen LogP contribution in [0.1, 0.15) is 6.92 Å². The first-order valence-corrected chi connectivity index (χ1v) is 2.87. The third-order valence-electron chi connectivity index (χ3n) is 0.732. The van der Waals surface area contributed by atoms with Gasteiger partial charge in [-0.15, -0.1) is 13.2 Å². The Hall–Kier alpha value is -0.990. The Morgan fingerprint density at radius 3 is 1.73 bits per heavy atom. The molecule has 0 aromatic rings. The van der Waals surface area contributed by atoms with Gasteiger partial charge in [0, 0.05) is 5.57 Å². The highest BCUT2D eigenvalue weighted by Crippen LogP contribution is 2.24. The van der Waals surface area contributed by atoms with Gasteiger partial charge in [-0.2, -0.15) is 13.2 Å². The van der Waals surface area contributed by atoms with Crippen LogP contribution < -0.4 is 0 Å². The molecule has 0 rings (SSSR count). The monoisotopic (exact) mass is 164 g/mol. The van der Waals surface area contributed by atoms with Crippen LogP contribution >= 0.6 is 0 Å². The molecule has 0 N–H and O–H groups in total. The van der Waals surface area contributed by atoms with Crippen molar-refractivity contribution in [3.8, 4) is 0 Å². The maximum atomic E-state index is 11.5. The van der Waals surface area contributed by atoms with Crippen LogP contribution in [-0.4, -0.2) is 6.18 Å². The van der Waals surface area contributed by atoms with Gasteiger partial charge >= 0.3 is 6.18 Å². The standard InChI is InChI=1S/C6H7F3.C2H4/c1-3-4-5(2)6(7,8)9;1-2/h3-4H,2H2,1H3;1-2H2/b4-3-;. The van der Waals surface area contributed by atoms with Gasteiger partial charge in [0.1, 0.15) is 0 Å². The number of rotatable bonds is 1. The minimum absolute atomic E-state index is 0.815. The molecule has 0 bridgehead atoms. The van der Waals surface area contributed by atoms with E-state index >= 15 is 0 Å². The van der Waals surface area contributed by atoms with Crippen LogP contribution in [0.25, 0.3) is 0 Å². The molecule has 0 aliphatic carbocycles. The molecule has 0 aromatic carbocycles. The molecule has 0 spiro atoms. The summed E-state index contributed by atoms with van der Waals surface area (Å²) >= 11 is 0. The second-order valence-corrected chi connectivity index (χ2v) is 1.52. The van der Waals surface area contributed by atoms with Gasteiger partial charge in [0.2, 0.25) is 0 Å². The van der Waals surface area contributed by atoms with Crippen LogP contribution in [0.2, 0.25) is 0 Å². The van der Waals surface area contributed by atoms with E-state index < -0.39 is 11.7 Å². The van der Waals surface area contributed by atoms with Crippen LogP contribution in [0, 0.1) is 0 Å². The van der Waals surface area contributed by atoms with Gasteiger partial charge in [0.15, 0.2) is 0 Å².